The molecule has 1 aromatic rings. The summed E-state index contributed by atoms with van der Waals surface area (Å²) in [6.07, 6.45) is 1.01. The van der Waals surface area contributed by atoms with E-state index in [1.165, 1.54) is 0 Å². The number of nitrogen functional groups attached to an aromatic ring is 1. The number of anilines is 1. The maximum absolute atomic E-state index is 12.0. The van der Waals surface area contributed by atoms with Gasteiger partial charge in [-0.15, -0.1) is 0 Å². The maximum atomic E-state index is 12.0. The van der Waals surface area contributed by atoms with E-state index < -0.39 is 10.8 Å². The number of pyridine rings is 1. The second kappa shape index (κ2) is 5.59. The fourth-order valence-corrected chi connectivity index (χ4v) is 1.63. The predicted molar refractivity (Wildman–Crippen MR) is 65.2 cm³/mol. The third kappa shape index (κ3) is 3.14. The molecule has 0 aromatic carbocycles. The highest BCUT2D eigenvalue weighted by Crippen LogP contribution is 2.16. The molecule has 19 heavy (non-hydrogen) atoms. The van der Waals surface area contributed by atoms with Crippen molar-refractivity contribution in [3.63, 3.8) is 0 Å². The number of nitro groups is 1. The summed E-state index contributed by atoms with van der Waals surface area (Å²) in [5.41, 5.74) is 7.88. The number of amides is 1. The monoisotopic (exact) mass is 267 g/mol. The fraction of sp³-hybridized carbons (Fsp3) is 0.400. The second-order valence-electron chi connectivity index (χ2n) is 3.92. The van der Waals surface area contributed by atoms with Crippen LogP contribution in [-0.4, -0.2) is 47.1 Å². The van der Waals surface area contributed by atoms with Gasteiger partial charge >= 0.3 is 0 Å². The molecule has 0 radical (unpaired) electrons. The van der Waals surface area contributed by atoms with Gasteiger partial charge in [0.15, 0.2) is 0 Å². The zero-order valence-corrected chi connectivity index (χ0v) is 10.0. The highest BCUT2D eigenvalue weighted by Gasteiger charge is 2.19. The number of nitrogens with zero attached hydrogens (tertiary/aromatic N) is 3. The van der Waals surface area contributed by atoms with Gasteiger partial charge in [0.05, 0.1) is 23.7 Å². The summed E-state index contributed by atoms with van der Waals surface area (Å²) in [5.74, 6) is -0.563. The summed E-state index contributed by atoms with van der Waals surface area (Å²) < 4.78 is 5.14. The van der Waals surface area contributed by atoms with Crippen molar-refractivity contribution in [3.8, 4) is 0 Å². The van der Waals surface area contributed by atoms with Crippen molar-refractivity contribution in [3.05, 3.63) is 27.9 Å². The summed E-state index contributed by atoms with van der Waals surface area (Å²) in [7, 11) is 0. The molecule has 0 unspecified atom stereocenters. The van der Waals surface area contributed by atoms with E-state index in [4.69, 9.17) is 10.5 Å². The molecule has 0 atom stereocenters. The molecule has 2 rings (SSSR count). The highest BCUT2D eigenvalue weighted by molar-refractivity contribution is 5.98. The van der Waals surface area contributed by atoms with Gasteiger partial charge in [-0.2, -0.15) is 0 Å². The lowest BCUT2D eigenvalue weighted by Crippen LogP contribution is -2.48. The summed E-state index contributed by atoms with van der Waals surface area (Å²) in [6.45, 7) is 2.13. The van der Waals surface area contributed by atoms with Crippen molar-refractivity contribution >= 4 is 17.4 Å². The number of hydrazine groups is 1. The van der Waals surface area contributed by atoms with Crippen LogP contribution in [0, 0.1) is 10.1 Å². The Morgan fingerprint density at radius 2 is 2.21 bits per heavy atom. The van der Waals surface area contributed by atoms with E-state index in [0.29, 0.717) is 26.3 Å². The van der Waals surface area contributed by atoms with Crippen LogP contribution in [0.4, 0.5) is 11.5 Å². The van der Waals surface area contributed by atoms with E-state index in [0.717, 1.165) is 12.3 Å². The van der Waals surface area contributed by atoms with Crippen LogP contribution in [0.3, 0.4) is 0 Å². The third-order valence-corrected chi connectivity index (χ3v) is 2.63. The Labute approximate surface area is 108 Å². The quantitative estimate of drug-likeness (QED) is 0.561. The van der Waals surface area contributed by atoms with E-state index in [2.05, 4.69) is 10.4 Å². The van der Waals surface area contributed by atoms with E-state index in [9.17, 15) is 14.9 Å². The van der Waals surface area contributed by atoms with Crippen molar-refractivity contribution in [2.45, 2.75) is 0 Å². The molecule has 0 saturated carbocycles. The normalized spacial score (nSPS) is 16.0. The van der Waals surface area contributed by atoms with Crippen LogP contribution in [-0.2, 0) is 4.74 Å². The van der Waals surface area contributed by atoms with Gasteiger partial charge in [0.1, 0.15) is 12.0 Å². The smallest absolute Gasteiger partial charge is 0.288 e. The van der Waals surface area contributed by atoms with Gasteiger partial charge in [-0.1, -0.05) is 0 Å². The first kappa shape index (κ1) is 13.2. The zero-order valence-electron chi connectivity index (χ0n) is 10.0. The van der Waals surface area contributed by atoms with Crippen LogP contribution >= 0.6 is 0 Å². The van der Waals surface area contributed by atoms with E-state index in [1.807, 2.05) is 0 Å². The van der Waals surface area contributed by atoms with Gasteiger partial charge < -0.3 is 10.5 Å². The number of nitrogens with two attached hydrogens (primary N) is 1. The first-order valence-electron chi connectivity index (χ1n) is 5.61. The first-order valence-corrected chi connectivity index (χ1v) is 5.61. The Bertz CT molecular complexity index is 501. The number of aromatic nitrogens is 1. The van der Waals surface area contributed by atoms with Crippen LogP contribution in [0.2, 0.25) is 0 Å². The summed E-state index contributed by atoms with van der Waals surface area (Å²) in [5, 5.41) is 12.3. The molecule has 0 bridgehead atoms. The van der Waals surface area contributed by atoms with Gasteiger partial charge in [-0.05, 0) is 0 Å². The molecule has 1 aliphatic heterocycles. The minimum atomic E-state index is -0.627. The average molecular weight is 267 g/mol. The maximum Gasteiger partial charge on any atom is 0.288 e. The number of nitrogens with one attached hydrogen (secondary N) is 1. The SMILES string of the molecule is Nc1ncc([N+](=O)[O-])cc1C(=O)NN1CCOCC1. The molecule has 0 aliphatic carbocycles. The first-order chi connectivity index (χ1) is 9.08. The largest absolute Gasteiger partial charge is 0.383 e. The second-order valence-corrected chi connectivity index (χ2v) is 3.92. The molecular formula is C10H13N5O4. The minimum Gasteiger partial charge on any atom is -0.383 e. The number of carbonyl (C=O) groups excluding carboxylic acids is 1. The lowest BCUT2D eigenvalue weighted by atomic mass is 10.2. The summed E-state index contributed by atoms with van der Waals surface area (Å²) in [6, 6.07) is 1.11. The Morgan fingerprint density at radius 1 is 1.53 bits per heavy atom. The molecule has 102 valence electrons. The third-order valence-electron chi connectivity index (χ3n) is 2.63. The van der Waals surface area contributed by atoms with Gasteiger partial charge in [0, 0.05) is 19.2 Å². The number of ether oxygens (including phenoxy) is 1. The molecule has 2 heterocycles. The van der Waals surface area contributed by atoms with Gasteiger partial charge in [-0.25, -0.2) is 9.99 Å². The minimum absolute atomic E-state index is 0.0132. The number of morpholine rings is 1. The van der Waals surface area contributed by atoms with Crippen molar-refractivity contribution in [1.29, 1.82) is 0 Å². The van der Waals surface area contributed by atoms with E-state index in [-0.39, 0.29) is 17.1 Å². The molecule has 0 spiro atoms. The average Bonchev–Trinajstić information content (AvgIpc) is 2.40. The molecule has 1 fully saturated rings. The number of carbonyl (C=O) groups is 1. The Kier molecular flexibility index (Phi) is 3.88. The molecule has 1 aliphatic rings. The van der Waals surface area contributed by atoms with Crippen LogP contribution in [0.5, 0.6) is 0 Å². The van der Waals surface area contributed by atoms with Gasteiger partial charge in [0.25, 0.3) is 11.6 Å². The molecule has 1 saturated heterocycles. The summed E-state index contributed by atoms with van der Waals surface area (Å²) in [4.78, 5) is 25.6. The van der Waals surface area contributed by atoms with Crippen molar-refractivity contribution in [1.82, 2.24) is 15.4 Å². The standard InChI is InChI=1S/C10H13N5O4/c11-9-8(5-7(6-12-9)15(17)18)10(16)13-14-1-3-19-4-2-14/h5-6H,1-4H2,(H2,11,12)(H,13,16). The lowest BCUT2D eigenvalue weighted by molar-refractivity contribution is -0.385. The Balaban J connectivity index is 2.13. The molecular weight excluding hydrogens is 254 g/mol. The molecule has 3 N–H and O–H groups in total. The fourth-order valence-electron chi connectivity index (χ4n) is 1.63. The van der Waals surface area contributed by atoms with E-state index >= 15 is 0 Å². The van der Waals surface area contributed by atoms with Crippen molar-refractivity contribution in [2.24, 2.45) is 0 Å². The lowest BCUT2D eigenvalue weighted by Gasteiger charge is -2.26. The van der Waals surface area contributed by atoms with E-state index in [1.54, 1.807) is 5.01 Å². The topological polar surface area (TPSA) is 124 Å². The Hall–Kier alpha value is -2.26. The van der Waals surface area contributed by atoms with Crippen molar-refractivity contribution < 1.29 is 14.5 Å². The number of hydrogen-bond donors (Lipinski definition) is 2. The Morgan fingerprint density at radius 3 is 2.84 bits per heavy atom. The van der Waals surface area contributed by atoms with Gasteiger partial charge in [0.2, 0.25) is 0 Å². The molecule has 1 aromatic heterocycles. The zero-order chi connectivity index (χ0) is 13.8. The highest BCUT2D eigenvalue weighted by atomic mass is 16.6. The van der Waals surface area contributed by atoms with Crippen LogP contribution < -0.4 is 11.2 Å². The predicted octanol–water partition coefficient (Wildman–Crippen LogP) is -0.451. The summed E-state index contributed by atoms with van der Waals surface area (Å²) >= 11 is 0. The molecule has 9 nitrogen and oxygen atoms in total. The molecule has 9 heteroatoms. The number of rotatable bonds is 3. The number of hydrogen-bond acceptors (Lipinski definition) is 7. The molecule has 1 amide bonds. The van der Waals surface area contributed by atoms with Crippen molar-refractivity contribution in [2.75, 3.05) is 32.0 Å². The van der Waals surface area contributed by atoms with Crippen LogP contribution in [0.15, 0.2) is 12.3 Å². The van der Waals surface area contributed by atoms with Gasteiger partial charge in [-0.3, -0.25) is 20.3 Å². The van der Waals surface area contributed by atoms with Crippen LogP contribution in [0.1, 0.15) is 10.4 Å². The van der Waals surface area contributed by atoms with Crippen LogP contribution in [0.25, 0.3) is 0 Å².